The molecular weight excluding hydrogens is 358 g/mol. The lowest BCUT2D eigenvalue weighted by Crippen LogP contribution is -1.91. The van der Waals surface area contributed by atoms with Gasteiger partial charge >= 0.3 is 0 Å². The summed E-state index contributed by atoms with van der Waals surface area (Å²) in [6, 6.07) is 15.6. The molecule has 0 bridgehead atoms. The van der Waals surface area contributed by atoms with E-state index in [9.17, 15) is 15.4 Å². The summed E-state index contributed by atoms with van der Waals surface area (Å²) >= 11 is 7.19. The Labute approximate surface area is 152 Å². The molecule has 0 aliphatic carbocycles. The van der Waals surface area contributed by atoms with Crippen LogP contribution in [0.4, 0.5) is 5.69 Å². The zero-order valence-corrected chi connectivity index (χ0v) is 14.3. The first kappa shape index (κ1) is 16.8. The first-order chi connectivity index (χ1) is 12.1. The van der Waals surface area contributed by atoms with E-state index in [0.29, 0.717) is 15.6 Å². The number of halogens is 1. The summed E-state index contributed by atoms with van der Waals surface area (Å²) in [6.45, 7) is 0. The van der Waals surface area contributed by atoms with E-state index in [-0.39, 0.29) is 11.3 Å². The number of nitro benzene ring substituents is 1. The Balaban J connectivity index is 1.99. The number of benzene rings is 2. The van der Waals surface area contributed by atoms with Crippen molar-refractivity contribution < 1.29 is 4.92 Å². The molecule has 7 heteroatoms. The molecule has 3 rings (SSSR count). The summed E-state index contributed by atoms with van der Waals surface area (Å²) in [7, 11) is 0. The number of nitrogens with zero attached hydrogens (tertiary/aromatic N) is 3. The topological polar surface area (TPSA) is 79.8 Å². The Bertz CT molecular complexity index is 1000. The number of allylic oxidation sites excluding steroid dienone is 1. The van der Waals surface area contributed by atoms with E-state index in [1.54, 1.807) is 30.3 Å². The van der Waals surface area contributed by atoms with Gasteiger partial charge in [-0.15, -0.1) is 11.3 Å². The summed E-state index contributed by atoms with van der Waals surface area (Å²) in [5.41, 5.74) is 2.20. The second-order valence-corrected chi connectivity index (χ2v) is 6.33. The fourth-order valence-corrected chi connectivity index (χ4v) is 3.14. The van der Waals surface area contributed by atoms with Crippen molar-refractivity contribution in [3.63, 3.8) is 0 Å². The standard InChI is InChI=1S/C18H10ClN3O2S/c19-15-7-5-12(6-8-15)16-11-25-18(21-16)14(10-20)9-13-3-1-2-4-17(13)22(23)24/h1-9,11H/b14-9-. The fraction of sp³-hybridized carbons (Fsp3) is 0. The van der Waals surface area contributed by atoms with E-state index in [1.807, 2.05) is 17.5 Å². The van der Waals surface area contributed by atoms with Gasteiger partial charge in [-0.3, -0.25) is 10.1 Å². The third kappa shape index (κ3) is 3.74. The van der Waals surface area contributed by atoms with E-state index in [0.717, 1.165) is 11.3 Å². The van der Waals surface area contributed by atoms with E-state index in [2.05, 4.69) is 11.1 Å². The van der Waals surface area contributed by atoms with Crippen LogP contribution in [0.1, 0.15) is 10.6 Å². The number of para-hydroxylation sites is 1. The van der Waals surface area contributed by atoms with E-state index in [4.69, 9.17) is 11.6 Å². The lowest BCUT2D eigenvalue weighted by atomic mass is 10.1. The monoisotopic (exact) mass is 367 g/mol. The molecule has 0 N–H and O–H groups in total. The molecule has 0 aliphatic heterocycles. The first-order valence-corrected chi connectivity index (χ1v) is 8.41. The van der Waals surface area contributed by atoms with E-state index >= 15 is 0 Å². The number of hydrogen-bond acceptors (Lipinski definition) is 5. The van der Waals surface area contributed by atoms with Crippen molar-refractivity contribution in [3.8, 4) is 17.3 Å². The van der Waals surface area contributed by atoms with Crippen LogP contribution < -0.4 is 0 Å². The number of aromatic nitrogens is 1. The van der Waals surface area contributed by atoms with Gasteiger partial charge in [-0.05, 0) is 24.3 Å². The maximum atomic E-state index is 11.1. The van der Waals surface area contributed by atoms with Crippen LogP contribution in [-0.2, 0) is 0 Å². The third-order valence-corrected chi connectivity index (χ3v) is 4.56. The van der Waals surface area contributed by atoms with Gasteiger partial charge in [-0.25, -0.2) is 4.98 Å². The highest BCUT2D eigenvalue weighted by Crippen LogP contribution is 2.29. The molecule has 0 spiro atoms. The molecule has 0 aliphatic rings. The molecule has 0 saturated heterocycles. The van der Waals surface area contributed by atoms with Crippen molar-refractivity contribution in [2.75, 3.05) is 0 Å². The summed E-state index contributed by atoms with van der Waals surface area (Å²) in [6.07, 6.45) is 1.49. The molecular formula is C18H10ClN3O2S. The molecule has 0 fully saturated rings. The number of nitriles is 1. The smallest absolute Gasteiger partial charge is 0.258 e. The largest absolute Gasteiger partial charge is 0.276 e. The third-order valence-electron chi connectivity index (χ3n) is 3.43. The Morgan fingerprint density at radius 1 is 1.24 bits per heavy atom. The van der Waals surface area contributed by atoms with Crippen LogP contribution in [0.15, 0.2) is 53.9 Å². The molecule has 2 aromatic carbocycles. The molecule has 0 saturated carbocycles. The Kier molecular flexibility index (Phi) is 4.89. The quantitative estimate of drug-likeness (QED) is 0.349. The Morgan fingerprint density at radius 3 is 2.64 bits per heavy atom. The second kappa shape index (κ2) is 7.26. The zero-order chi connectivity index (χ0) is 17.8. The van der Waals surface area contributed by atoms with Crippen LogP contribution >= 0.6 is 22.9 Å². The van der Waals surface area contributed by atoms with Crippen molar-refractivity contribution in [1.29, 1.82) is 5.26 Å². The van der Waals surface area contributed by atoms with Gasteiger partial charge in [-0.2, -0.15) is 5.26 Å². The Morgan fingerprint density at radius 2 is 1.96 bits per heavy atom. The summed E-state index contributed by atoms with van der Waals surface area (Å²) in [4.78, 5) is 15.1. The summed E-state index contributed by atoms with van der Waals surface area (Å²) in [5.74, 6) is 0. The van der Waals surface area contributed by atoms with Crippen LogP contribution in [0.25, 0.3) is 22.9 Å². The molecule has 5 nitrogen and oxygen atoms in total. The summed E-state index contributed by atoms with van der Waals surface area (Å²) < 4.78 is 0. The van der Waals surface area contributed by atoms with Gasteiger partial charge in [0.2, 0.25) is 0 Å². The summed E-state index contributed by atoms with van der Waals surface area (Å²) in [5, 5.41) is 23.5. The van der Waals surface area contributed by atoms with Crippen molar-refractivity contribution >= 4 is 40.3 Å². The van der Waals surface area contributed by atoms with Gasteiger partial charge in [0.25, 0.3) is 5.69 Å². The van der Waals surface area contributed by atoms with Gasteiger partial charge in [-0.1, -0.05) is 35.9 Å². The van der Waals surface area contributed by atoms with Gasteiger partial charge in [0.1, 0.15) is 11.1 Å². The van der Waals surface area contributed by atoms with Crippen LogP contribution in [0.2, 0.25) is 5.02 Å². The number of nitro groups is 1. The van der Waals surface area contributed by atoms with Gasteiger partial charge in [0.05, 0.1) is 21.8 Å². The highest BCUT2D eigenvalue weighted by Gasteiger charge is 2.14. The molecule has 3 aromatic rings. The average molecular weight is 368 g/mol. The zero-order valence-electron chi connectivity index (χ0n) is 12.7. The Hall–Kier alpha value is -3.01. The van der Waals surface area contributed by atoms with Crippen molar-refractivity contribution in [3.05, 3.63) is 79.6 Å². The van der Waals surface area contributed by atoms with Gasteiger partial charge in [0, 0.05) is 22.0 Å². The minimum atomic E-state index is -0.470. The number of hydrogen-bond donors (Lipinski definition) is 0. The van der Waals surface area contributed by atoms with Crippen molar-refractivity contribution in [2.24, 2.45) is 0 Å². The molecule has 1 heterocycles. The second-order valence-electron chi connectivity index (χ2n) is 5.03. The molecule has 122 valence electrons. The van der Waals surface area contributed by atoms with Crippen LogP contribution in [0, 0.1) is 21.4 Å². The normalized spacial score (nSPS) is 11.1. The number of rotatable bonds is 4. The highest BCUT2D eigenvalue weighted by atomic mass is 35.5. The predicted octanol–water partition coefficient (Wildman–Crippen LogP) is 5.44. The molecule has 0 amide bonds. The lowest BCUT2D eigenvalue weighted by molar-refractivity contribution is -0.385. The van der Waals surface area contributed by atoms with E-state index < -0.39 is 4.92 Å². The van der Waals surface area contributed by atoms with Crippen LogP contribution in [-0.4, -0.2) is 9.91 Å². The van der Waals surface area contributed by atoms with Crippen molar-refractivity contribution in [2.45, 2.75) is 0 Å². The maximum absolute atomic E-state index is 11.1. The van der Waals surface area contributed by atoms with Gasteiger partial charge < -0.3 is 0 Å². The van der Waals surface area contributed by atoms with Gasteiger partial charge in [0.15, 0.2) is 0 Å². The van der Waals surface area contributed by atoms with Crippen LogP contribution in [0.5, 0.6) is 0 Å². The van der Waals surface area contributed by atoms with Crippen molar-refractivity contribution in [1.82, 2.24) is 4.98 Å². The molecule has 0 atom stereocenters. The molecule has 0 unspecified atom stereocenters. The molecule has 25 heavy (non-hydrogen) atoms. The fourth-order valence-electron chi connectivity index (χ4n) is 2.22. The average Bonchev–Trinajstić information content (AvgIpc) is 3.10. The van der Waals surface area contributed by atoms with Crippen LogP contribution in [0.3, 0.4) is 0 Å². The minimum absolute atomic E-state index is 0.0512. The lowest BCUT2D eigenvalue weighted by Gasteiger charge is -1.98. The molecule has 1 aromatic heterocycles. The molecule has 0 radical (unpaired) electrons. The SMILES string of the molecule is N#C/C(=C/c1ccccc1[N+](=O)[O-])c1nc(-c2ccc(Cl)cc2)cs1. The minimum Gasteiger partial charge on any atom is -0.258 e. The highest BCUT2D eigenvalue weighted by molar-refractivity contribution is 7.11. The first-order valence-electron chi connectivity index (χ1n) is 7.15. The van der Waals surface area contributed by atoms with E-state index in [1.165, 1.54) is 23.5 Å². The predicted molar refractivity (Wildman–Crippen MR) is 99.1 cm³/mol. The number of thiazole rings is 1. The maximum Gasteiger partial charge on any atom is 0.276 e.